The Bertz CT molecular complexity index is 2390. The lowest BCUT2D eigenvalue weighted by Crippen LogP contribution is -2.12. The number of nitrogens with zero attached hydrogens (tertiary/aromatic N) is 4. The third kappa shape index (κ3) is 8.55. The summed E-state index contributed by atoms with van der Waals surface area (Å²) in [6.07, 6.45) is 0. The number of benzene rings is 5. The Morgan fingerprint density at radius 3 is 1.65 bits per heavy atom. The van der Waals surface area contributed by atoms with Crippen LogP contribution in [0.15, 0.2) is 125 Å². The number of rotatable bonds is 12. The number of fused-ring (bicyclic) bond motifs is 1. The van der Waals surface area contributed by atoms with E-state index in [9.17, 15) is 26.7 Å². The number of carbonyl (C=O) groups is 1. The number of anilines is 2. The molecule has 5 aromatic rings. The molecular weight excluding hydrogens is 737 g/mol. The van der Waals surface area contributed by atoms with Gasteiger partial charge in [0, 0.05) is 21.0 Å². The number of sulfone groups is 2. The van der Waals surface area contributed by atoms with Crippen LogP contribution in [0.25, 0.3) is 10.8 Å². The molecule has 0 aliphatic carbocycles. The van der Waals surface area contributed by atoms with Crippen molar-refractivity contribution in [2.45, 2.75) is 19.6 Å². The lowest BCUT2D eigenvalue weighted by molar-refractivity contribution is 0.102. The molecule has 0 heterocycles. The lowest BCUT2D eigenvalue weighted by Gasteiger charge is -2.12. The molecule has 0 atom stereocenters. The predicted molar refractivity (Wildman–Crippen MR) is 198 cm³/mol. The molecule has 5 aromatic carbocycles. The Labute approximate surface area is 303 Å². The van der Waals surface area contributed by atoms with E-state index < -0.39 is 50.3 Å². The van der Waals surface area contributed by atoms with Gasteiger partial charge in [0.05, 0.1) is 57.0 Å². The monoisotopic (exact) mass is 766 g/mol. The summed E-state index contributed by atoms with van der Waals surface area (Å²) in [5.41, 5.74) is 7.95. The molecule has 0 fully saturated rings. The van der Waals surface area contributed by atoms with Gasteiger partial charge in [0.25, 0.3) is 5.91 Å². The Morgan fingerprint density at radius 1 is 0.686 bits per heavy atom. The minimum atomic E-state index is -3.63. The maximum Gasteiger partial charge on any atom is 0.255 e. The number of phenols is 1. The van der Waals surface area contributed by atoms with Gasteiger partial charge in [0.2, 0.25) is 0 Å². The molecule has 1 amide bonds. The first-order valence-electron chi connectivity index (χ1n) is 14.9. The van der Waals surface area contributed by atoms with Gasteiger partial charge in [0.1, 0.15) is 11.4 Å². The van der Waals surface area contributed by atoms with E-state index in [0.29, 0.717) is 27.3 Å². The number of nitrogens with one attached hydrogen (secondary N) is 1. The molecule has 18 heteroatoms. The van der Waals surface area contributed by atoms with E-state index in [1.807, 2.05) is 0 Å². The van der Waals surface area contributed by atoms with Crippen molar-refractivity contribution in [2.24, 2.45) is 20.5 Å². The fraction of sp³-hybridized carbons (Fsp3) is 0.121. The molecule has 5 rings (SSSR count). The fourth-order valence-corrected chi connectivity index (χ4v) is 7.42. The first-order chi connectivity index (χ1) is 24.2. The van der Waals surface area contributed by atoms with Crippen LogP contribution in [-0.2, 0) is 19.7 Å². The SMILES string of the molecule is Nc1c(/N=N/c2ccc(S(=O)(=O)CCO)cc2)c(S)cc2cc(S)c(/N=N/c3ccc(C(=O)Nc4ccc(S(=O)(=O)CCO)cc4)cc3)c(O)c12. The highest BCUT2D eigenvalue weighted by Gasteiger charge is 2.19. The minimum Gasteiger partial charge on any atom is -0.505 e. The number of carbonyl (C=O) groups excluding carboxylic acids is 1. The summed E-state index contributed by atoms with van der Waals surface area (Å²) in [5, 5.41) is 49.2. The van der Waals surface area contributed by atoms with Crippen molar-refractivity contribution in [1.82, 2.24) is 0 Å². The van der Waals surface area contributed by atoms with Gasteiger partial charge in [-0.2, -0.15) is 10.2 Å². The van der Waals surface area contributed by atoms with Crippen LogP contribution in [0.2, 0.25) is 0 Å². The van der Waals surface area contributed by atoms with Gasteiger partial charge in [0.15, 0.2) is 25.4 Å². The number of aliphatic hydroxyl groups excluding tert-OH is 2. The largest absolute Gasteiger partial charge is 0.505 e. The van der Waals surface area contributed by atoms with Crippen molar-refractivity contribution < 1.29 is 36.9 Å². The average molecular weight is 767 g/mol. The maximum absolute atomic E-state index is 12.8. The van der Waals surface area contributed by atoms with Crippen LogP contribution in [0.1, 0.15) is 10.4 Å². The van der Waals surface area contributed by atoms with E-state index >= 15 is 0 Å². The summed E-state index contributed by atoms with van der Waals surface area (Å²) in [6, 6.07) is 20.5. The van der Waals surface area contributed by atoms with E-state index in [-0.39, 0.29) is 48.4 Å². The molecule has 0 saturated carbocycles. The molecule has 0 spiro atoms. The van der Waals surface area contributed by atoms with Crippen LogP contribution in [-0.4, -0.2) is 62.8 Å². The molecule has 0 bridgehead atoms. The van der Waals surface area contributed by atoms with Gasteiger partial charge in [-0.3, -0.25) is 4.79 Å². The van der Waals surface area contributed by atoms with E-state index in [1.165, 1.54) is 72.8 Å². The average Bonchev–Trinajstić information content (AvgIpc) is 3.08. The molecular formula is C33H30N6O8S4. The molecule has 264 valence electrons. The van der Waals surface area contributed by atoms with Crippen LogP contribution >= 0.6 is 25.3 Å². The summed E-state index contributed by atoms with van der Waals surface area (Å²) in [5.74, 6) is -1.59. The highest BCUT2D eigenvalue weighted by molar-refractivity contribution is 7.91. The first-order valence-corrected chi connectivity index (χ1v) is 19.1. The quantitative estimate of drug-likeness (QED) is 0.0427. The zero-order chi connectivity index (χ0) is 36.9. The topological polar surface area (TPSA) is 234 Å². The second-order valence-corrected chi connectivity index (χ2v) is 16.0. The molecule has 0 aliphatic heterocycles. The van der Waals surface area contributed by atoms with E-state index in [1.54, 1.807) is 12.1 Å². The summed E-state index contributed by atoms with van der Waals surface area (Å²) < 4.78 is 48.5. The smallest absolute Gasteiger partial charge is 0.255 e. The standard InChI is InChI=1S/C33H30N6O8S4/c34-29-28-20(17-26(48)30(29)38-36-23-7-11-25(12-8-23)51(46,47)16-14-41)18-27(49)31(32(28)42)39-37-22-3-1-19(2-4-22)33(43)35-21-5-9-24(10-6-21)50(44,45)15-13-40/h1-12,17-18,40-42,48-49H,13-16,34H2,(H,35,43)/b38-36+,39-37+. The van der Waals surface area contributed by atoms with Crippen LogP contribution < -0.4 is 11.1 Å². The van der Waals surface area contributed by atoms with Gasteiger partial charge >= 0.3 is 0 Å². The number of aliphatic hydroxyl groups is 2. The van der Waals surface area contributed by atoms with Crippen molar-refractivity contribution in [3.63, 3.8) is 0 Å². The maximum atomic E-state index is 12.8. The molecule has 0 aromatic heterocycles. The molecule has 6 N–H and O–H groups in total. The van der Waals surface area contributed by atoms with E-state index in [0.717, 1.165) is 0 Å². The summed E-state index contributed by atoms with van der Waals surface area (Å²) in [4.78, 5) is 13.5. The first kappa shape index (κ1) is 37.4. The normalized spacial score (nSPS) is 12.2. The number of azo groups is 2. The number of thiol groups is 2. The number of nitrogen functional groups attached to an aromatic ring is 1. The van der Waals surface area contributed by atoms with Crippen molar-refractivity contribution >= 4 is 95.7 Å². The van der Waals surface area contributed by atoms with Crippen LogP contribution in [0.3, 0.4) is 0 Å². The van der Waals surface area contributed by atoms with Crippen molar-refractivity contribution in [2.75, 3.05) is 35.8 Å². The van der Waals surface area contributed by atoms with E-state index in [4.69, 9.17) is 15.9 Å². The van der Waals surface area contributed by atoms with E-state index in [2.05, 4.69) is 51.0 Å². The minimum absolute atomic E-state index is 0.0123. The van der Waals surface area contributed by atoms with Gasteiger partial charge in [-0.15, -0.1) is 35.5 Å². The molecule has 0 saturated heterocycles. The zero-order valence-corrected chi connectivity index (χ0v) is 29.8. The molecule has 0 unspecified atom stereocenters. The van der Waals surface area contributed by atoms with Gasteiger partial charge < -0.3 is 26.4 Å². The summed E-state index contributed by atoms with van der Waals surface area (Å²) in [6.45, 7) is -0.999. The van der Waals surface area contributed by atoms with Crippen molar-refractivity contribution in [3.05, 3.63) is 90.5 Å². The highest BCUT2D eigenvalue weighted by Crippen LogP contribution is 2.48. The second kappa shape index (κ2) is 15.6. The second-order valence-electron chi connectivity index (χ2n) is 10.9. The molecule has 51 heavy (non-hydrogen) atoms. The van der Waals surface area contributed by atoms with Crippen molar-refractivity contribution in [3.8, 4) is 5.75 Å². The lowest BCUT2D eigenvalue weighted by atomic mass is 10.1. The molecule has 0 aliphatic rings. The Kier molecular flexibility index (Phi) is 11.4. The number of amides is 1. The van der Waals surface area contributed by atoms with Crippen LogP contribution in [0, 0.1) is 0 Å². The molecule has 0 radical (unpaired) electrons. The van der Waals surface area contributed by atoms with Gasteiger partial charge in [-0.05, 0) is 90.3 Å². The number of aromatic hydroxyl groups is 1. The fourth-order valence-electron chi connectivity index (χ4n) is 4.78. The number of hydrogen-bond donors (Lipinski definition) is 7. The Morgan fingerprint density at radius 2 is 1.14 bits per heavy atom. The Hall–Kier alpha value is -4.85. The summed E-state index contributed by atoms with van der Waals surface area (Å²) in [7, 11) is -7.25. The Balaban J connectivity index is 1.34. The number of phenolic OH excluding ortho intramolecular Hbond substituents is 1. The van der Waals surface area contributed by atoms with Crippen LogP contribution in [0.4, 0.5) is 34.1 Å². The number of hydrogen-bond acceptors (Lipinski definition) is 15. The molecule has 14 nitrogen and oxygen atoms in total. The van der Waals surface area contributed by atoms with Gasteiger partial charge in [-0.25, -0.2) is 16.8 Å². The van der Waals surface area contributed by atoms with Crippen LogP contribution in [0.5, 0.6) is 5.75 Å². The number of nitrogens with two attached hydrogens (primary N) is 1. The third-order valence-corrected chi connectivity index (χ3v) is 11.5. The van der Waals surface area contributed by atoms with Gasteiger partial charge in [-0.1, -0.05) is 0 Å². The zero-order valence-electron chi connectivity index (χ0n) is 26.4. The highest BCUT2D eigenvalue weighted by atomic mass is 32.2. The summed E-state index contributed by atoms with van der Waals surface area (Å²) >= 11 is 8.94. The van der Waals surface area contributed by atoms with Crippen molar-refractivity contribution in [1.29, 1.82) is 0 Å². The predicted octanol–water partition coefficient (Wildman–Crippen LogP) is 6.32. The third-order valence-electron chi connectivity index (χ3n) is 7.39.